The highest BCUT2D eigenvalue weighted by Gasteiger charge is 2.18. The highest BCUT2D eigenvalue weighted by atomic mass is 14.2. The van der Waals surface area contributed by atoms with Crippen LogP contribution in [-0.4, -0.2) is 0 Å². The molecule has 0 fully saturated rings. The molecule has 0 saturated heterocycles. The zero-order valence-electron chi connectivity index (χ0n) is 24.2. The number of hydrogen-bond acceptors (Lipinski definition) is 0. The lowest BCUT2D eigenvalue weighted by atomic mass is 9.84. The van der Waals surface area contributed by atoms with E-state index in [1.807, 2.05) is 0 Å². The molecule has 0 heterocycles. The van der Waals surface area contributed by atoms with E-state index in [4.69, 9.17) is 0 Å². The van der Waals surface area contributed by atoms with Crippen molar-refractivity contribution in [2.45, 2.75) is 0 Å². The molecule has 9 rings (SSSR count). The number of rotatable bonds is 3. The van der Waals surface area contributed by atoms with Crippen LogP contribution in [0.3, 0.4) is 0 Å². The van der Waals surface area contributed by atoms with Crippen molar-refractivity contribution in [2.24, 2.45) is 0 Å². The first-order chi connectivity index (χ1) is 21.8. The molecule has 0 heteroatoms. The maximum atomic E-state index is 2.37. The predicted octanol–water partition coefficient (Wildman–Crippen LogP) is 12.5. The predicted molar refractivity (Wildman–Crippen MR) is 190 cm³/mol. The third-order valence-electron chi connectivity index (χ3n) is 9.20. The SMILES string of the molecule is c1ccc2cc(-c3ccc4cc(-c5c6ccccc6c(-c6cccc7ccccc67)c6ccccc56)ccc4c3)ccc2c1. The van der Waals surface area contributed by atoms with Crippen molar-refractivity contribution in [3.63, 3.8) is 0 Å². The Morgan fingerprint density at radius 3 is 1.27 bits per heavy atom. The second-order valence-corrected chi connectivity index (χ2v) is 11.7. The topological polar surface area (TPSA) is 0 Å². The lowest BCUT2D eigenvalue weighted by Crippen LogP contribution is -1.91. The van der Waals surface area contributed by atoms with Gasteiger partial charge in [-0.2, -0.15) is 0 Å². The van der Waals surface area contributed by atoms with Crippen molar-refractivity contribution in [3.05, 3.63) is 170 Å². The second-order valence-electron chi connectivity index (χ2n) is 11.7. The molecule has 0 spiro atoms. The van der Waals surface area contributed by atoms with E-state index in [-0.39, 0.29) is 0 Å². The normalized spacial score (nSPS) is 11.6. The van der Waals surface area contributed by atoms with Crippen LogP contribution in [-0.2, 0) is 0 Å². The first-order valence-electron chi connectivity index (χ1n) is 15.3. The summed E-state index contributed by atoms with van der Waals surface area (Å²) in [6.45, 7) is 0. The molecule has 0 nitrogen and oxygen atoms in total. The van der Waals surface area contributed by atoms with Gasteiger partial charge in [-0.3, -0.25) is 0 Å². The summed E-state index contributed by atoms with van der Waals surface area (Å²) in [6, 6.07) is 62.4. The lowest BCUT2D eigenvalue weighted by Gasteiger charge is -2.19. The molecule has 0 amide bonds. The summed E-state index contributed by atoms with van der Waals surface area (Å²) >= 11 is 0. The van der Waals surface area contributed by atoms with E-state index >= 15 is 0 Å². The van der Waals surface area contributed by atoms with Crippen molar-refractivity contribution in [1.29, 1.82) is 0 Å². The summed E-state index contributed by atoms with van der Waals surface area (Å²) in [6.07, 6.45) is 0. The van der Waals surface area contributed by atoms with Gasteiger partial charge < -0.3 is 0 Å². The number of benzene rings is 9. The van der Waals surface area contributed by atoms with Crippen LogP contribution in [0.4, 0.5) is 0 Å². The van der Waals surface area contributed by atoms with E-state index < -0.39 is 0 Å². The largest absolute Gasteiger partial charge is 0.0616 e. The van der Waals surface area contributed by atoms with Crippen molar-refractivity contribution in [2.75, 3.05) is 0 Å². The zero-order chi connectivity index (χ0) is 29.0. The Hall–Kier alpha value is -5.72. The average Bonchev–Trinajstić information content (AvgIpc) is 3.09. The molecule has 0 saturated carbocycles. The van der Waals surface area contributed by atoms with Crippen LogP contribution in [0.2, 0.25) is 0 Å². The van der Waals surface area contributed by atoms with Crippen molar-refractivity contribution in [1.82, 2.24) is 0 Å². The molecule has 0 aliphatic rings. The molecule has 0 atom stereocenters. The summed E-state index contributed by atoms with van der Waals surface area (Å²) < 4.78 is 0. The van der Waals surface area contributed by atoms with Crippen LogP contribution >= 0.6 is 0 Å². The Bertz CT molecular complexity index is 2490. The maximum Gasteiger partial charge on any atom is -0.00201 e. The number of fused-ring (bicyclic) bond motifs is 5. The molecule has 9 aromatic carbocycles. The third-order valence-corrected chi connectivity index (χ3v) is 9.20. The average molecular weight is 557 g/mol. The Kier molecular flexibility index (Phi) is 5.61. The van der Waals surface area contributed by atoms with E-state index in [0.717, 1.165) is 0 Å². The van der Waals surface area contributed by atoms with Gasteiger partial charge in [0.15, 0.2) is 0 Å². The first-order valence-corrected chi connectivity index (χ1v) is 15.3. The fourth-order valence-electron chi connectivity index (χ4n) is 7.12. The fraction of sp³-hybridized carbons (Fsp3) is 0. The van der Waals surface area contributed by atoms with Crippen molar-refractivity contribution in [3.8, 4) is 33.4 Å². The van der Waals surface area contributed by atoms with Crippen LogP contribution in [0, 0.1) is 0 Å². The zero-order valence-corrected chi connectivity index (χ0v) is 24.2. The highest BCUT2D eigenvalue weighted by molar-refractivity contribution is 6.23. The van der Waals surface area contributed by atoms with Gasteiger partial charge in [0, 0.05) is 0 Å². The van der Waals surface area contributed by atoms with E-state index in [9.17, 15) is 0 Å². The molecular weight excluding hydrogens is 528 g/mol. The van der Waals surface area contributed by atoms with E-state index in [0.29, 0.717) is 0 Å². The molecule has 0 aromatic heterocycles. The molecule has 0 radical (unpaired) electrons. The fourth-order valence-corrected chi connectivity index (χ4v) is 7.12. The summed E-state index contributed by atoms with van der Waals surface area (Å²) in [5.74, 6) is 0. The van der Waals surface area contributed by atoms with Gasteiger partial charge in [0.2, 0.25) is 0 Å². The smallest absolute Gasteiger partial charge is 0.00201 e. The van der Waals surface area contributed by atoms with Gasteiger partial charge >= 0.3 is 0 Å². The number of hydrogen-bond donors (Lipinski definition) is 0. The molecule has 0 N–H and O–H groups in total. The summed E-state index contributed by atoms with van der Waals surface area (Å²) in [5.41, 5.74) is 7.61. The van der Waals surface area contributed by atoms with Gasteiger partial charge in [-0.15, -0.1) is 0 Å². The third kappa shape index (κ3) is 3.92. The second kappa shape index (κ2) is 9.93. The minimum Gasteiger partial charge on any atom is -0.0616 e. The van der Waals surface area contributed by atoms with Gasteiger partial charge in [0.05, 0.1) is 0 Å². The maximum absolute atomic E-state index is 2.37. The van der Waals surface area contributed by atoms with Gasteiger partial charge in [-0.1, -0.05) is 152 Å². The molecular formula is C44H28. The Morgan fingerprint density at radius 2 is 0.636 bits per heavy atom. The summed E-state index contributed by atoms with van der Waals surface area (Å²) in [5, 5.41) is 12.7. The Labute approximate surface area is 256 Å². The Morgan fingerprint density at radius 1 is 0.227 bits per heavy atom. The van der Waals surface area contributed by atoms with Gasteiger partial charge in [-0.25, -0.2) is 0 Å². The summed E-state index contributed by atoms with van der Waals surface area (Å²) in [7, 11) is 0. The van der Waals surface area contributed by atoms with E-state index in [1.165, 1.54) is 87.2 Å². The van der Waals surface area contributed by atoms with Gasteiger partial charge in [-0.05, 0) is 105 Å². The molecule has 0 unspecified atom stereocenters. The van der Waals surface area contributed by atoms with Crippen LogP contribution in [0.15, 0.2) is 170 Å². The lowest BCUT2D eigenvalue weighted by molar-refractivity contribution is 1.66. The molecule has 9 aromatic rings. The van der Waals surface area contributed by atoms with Crippen LogP contribution < -0.4 is 0 Å². The van der Waals surface area contributed by atoms with Gasteiger partial charge in [0.25, 0.3) is 0 Å². The standard InChI is InChI=1S/C44H28/c1-2-12-31-26-32(21-20-29(31)10-1)33-22-23-35-28-36(25-24-34(35)27-33)43-39-15-5-7-17-41(39)44(42-18-8-6-16-40(42)43)38-19-9-13-30-11-3-4-14-37(30)38/h1-28H. The quantitative estimate of drug-likeness (QED) is 0.190. The molecule has 0 bridgehead atoms. The molecule has 0 aliphatic heterocycles. The van der Waals surface area contributed by atoms with Crippen molar-refractivity contribution >= 4 is 53.9 Å². The van der Waals surface area contributed by atoms with Crippen LogP contribution in [0.5, 0.6) is 0 Å². The first kappa shape index (κ1) is 24.8. The minimum atomic E-state index is 1.24. The van der Waals surface area contributed by atoms with Crippen molar-refractivity contribution < 1.29 is 0 Å². The monoisotopic (exact) mass is 556 g/mol. The highest BCUT2D eigenvalue weighted by Crippen LogP contribution is 2.45. The minimum absolute atomic E-state index is 1.24. The Balaban J connectivity index is 1.25. The molecule has 204 valence electrons. The van der Waals surface area contributed by atoms with Gasteiger partial charge in [0.1, 0.15) is 0 Å². The van der Waals surface area contributed by atoms with E-state index in [1.54, 1.807) is 0 Å². The summed E-state index contributed by atoms with van der Waals surface area (Å²) in [4.78, 5) is 0. The van der Waals surface area contributed by atoms with Crippen LogP contribution in [0.25, 0.3) is 87.2 Å². The molecule has 44 heavy (non-hydrogen) atoms. The van der Waals surface area contributed by atoms with Crippen LogP contribution in [0.1, 0.15) is 0 Å². The van der Waals surface area contributed by atoms with E-state index in [2.05, 4.69) is 170 Å². The molecule has 0 aliphatic carbocycles.